The van der Waals surface area contributed by atoms with Crippen LogP contribution in [0.2, 0.25) is 0 Å². The predicted molar refractivity (Wildman–Crippen MR) is 87.0 cm³/mol. The lowest BCUT2D eigenvalue weighted by Crippen LogP contribution is -2.46. The Kier molecular flexibility index (Phi) is 4.41. The number of rotatable bonds is 4. The molecule has 122 valence electrons. The summed E-state index contributed by atoms with van der Waals surface area (Å²) >= 11 is 1.56. The summed E-state index contributed by atoms with van der Waals surface area (Å²) < 4.78 is 15.9. The third kappa shape index (κ3) is 3.25. The smallest absolute Gasteiger partial charge is 0.253 e. The summed E-state index contributed by atoms with van der Waals surface area (Å²) in [5.74, 6) is 1.11. The van der Waals surface area contributed by atoms with Gasteiger partial charge in [0.15, 0.2) is 5.60 Å². The molecule has 0 spiro atoms. The first kappa shape index (κ1) is 16.0. The highest BCUT2D eigenvalue weighted by molar-refractivity contribution is 7.99. The lowest BCUT2D eigenvalue weighted by atomic mass is 10.0. The molecule has 0 radical (unpaired) electrons. The molecule has 1 saturated heterocycles. The number of hydrogen-bond acceptors (Lipinski definition) is 4. The number of thioether (sulfide) groups is 1. The molecule has 2 heterocycles. The molecule has 5 nitrogen and oxygen atoms in total. The van der Waals surface area contributed by atoms with Gasteiger partial charge in [-0.15, -0.1) is 0 Å². The molecule has 0 saturated carbocycles. The minimum Gasteiger partial charge on any atom is -0.379 e. The van der Waals surface area contributed by atoms with E-state index in [0.717, 1.165) is 5.75 Å². The second-order valence-corrected chi connectivity index (χ2v) is 6.75. The van der Waals surface area contributed by atoms with Crippen molar-refractivity contribution in [1.82, 2.24) is 14.9 Å². The van der Waals surface area contributed by atoms with E-state index < -0.39 is 11.5 Å². The Bertz CT molecular complexity index is 726. The largest absolute Gasteiger partial charge is 0.379 e. The second-order valence-electron chi connectivity index (χ2n) is 5.65. The molecule has 1 atom stereocenters. The van der Waals surface area contributed by atoms with Gasteiger partial charge in [0.2, 0.25) is 0 Å². The van der Waals surface area contributed by atoms with Crippen molar-refractivity contribution in [3.63, 3.8) is 0 Å². The molecular weight excluding hydrogens is 317 g/mol. The molecule has 1 aliphatic rings. The van der Waals surface area contributed by atoms with Gasteiger partial charge in [0.05, 0.1) is 5.69 Å². The topological polar surface area (TPSA) is 67.2 Å². The Hall–Kier alpha value is -1.86. The van der Waals surface area contributed by atoms with Gasteiger partial charge in [0, 0.05) is 24.7 Å². The van der Waals surface area contributed by atoms with Gasteiger partial charge < -0.3 is 15.0 Å². The van der Waals surface area contributed by atoms with Crippen LogP contribution in [0.3, 0.4) is 0 Å². The highest BCUT2D eigenvalue weighted by Crippen LogP contribution is 2.28. The minimum atomic E-state index is -1.29. The molecule has 1 fully saturated rings. The molecule has 1 aromatic carbocycles. The van der Waals surface area contributed by atoms with Crippen LogP contribution >= 0.6 is 11.8 Å². The summed E-state index contributed by atoms with van der Waals surface area (Å²) in [4.78, 5) is 16.1. The van der Waals surface area contributed by atoms with Crippen molar-refractivity contribution in [3.8, 4) is 5.69 Å². The summed E-state index contributed by atoms with van der Waals surface area (Å²) in [5, 5.41) is 12.9. The van der Waals surface area contributed by atoms with Crippen molar-refractivity contribution in [2.24, 2.45) is 0 Å². The summed E-state index contributed by atoms with van der Waals surface area (Å²) in [6, 6.07) is 4.81. The van der Waals surface area contributed by atoms with Gasteiger partial charge in [-0.2, -0.15) is 11.8 Å². The molecule has 1 amide bonds. The number of amides is 1. The quantitative estimate of drug-likeness (QED) is 0.894. The zero-order chi connectivity index (χ0) is 16.4. The number of aromatic nitrogens is 2. The molecule has 1 aromatic heterocycles. The number of nitrogens with zero attached hydrogens (tertiary/aromatic N) is 2. The maximum absolute atomic E-state index is 14.3. The molecule has 1 aliphatic heterocycles. The molecule has 0 bridgehead atoms. The number of benzene rings is 1. The van der Waals surface area contributed by atoms with Crippen molar-refractivity contribution < 1.29 is 14.3 Å². The van der Waals surface area contributed by atoms with Gasteiger partial charge in [-0.05, 0) is 36.8 Å². The van der Waals surface area contributed by atoms with Crippen LogP contribution < -0.4 is 5.32 Å². The van der Waals surface area contributed by atoms with Gasteiger partial charge in [-0.1, -0.05) is 6.07 Å². The Morgan fingerprint density at radius 2 is 2.39 bits per heavy atom. The van der Waals surface area contributed by atoms with Crippen molar-refractivity contribution >= 4 is 17.7 Å². The predicted octanol–water partition coefficient (Wildman–Crippen LogP) is 1.80. The van der Waals surface area contributed by atoms with Crippen LogP contribution in [0.5, 0.6) is 0 Å². The van der Waals surface area contributed by atoms with E-state index in [1.165, 1.54) is 6.07 Å². The standard InChI is InChI=1S/C16H18FN3O2S/c1-11-18-5-6-20(11)14-3-2-12(8-13(14)17)9-19-15(21)16(22)4-7-23-10-16/h2-3,5-6,8,22H,4,7,9-10H2,1H3,(H,19,21). The fourth-order valence-corrected chi connectivity index (χ4v) is 3.81. The number of hydrogen-bond donors (Lipinski definition) is 2. The summed E-state index contributed by atoms with van der Waals surface area (Å²) in [6.45, 7) is 1.99. The molecule has 0 aliphatic carbocycles. The second kappa shape index (κ2) is 6.33. The molecule has 3 rings (SSSR count). The van der Waals surface area contributed by atoms with E-state index in [1.54, 1.807) is 47.8 Å². The van der Waals surface area contributed by atoms with Crippen LogP contribution in [0.4, 0.5) is 4.39 Å². The first-order valence-corrected chi connectivity index (χ1v) is 8.52. The van der Waals surface area contributed by atoms with E-state index in [4.69, 9.17) is 0 Å². The average molecular weight is 335 g/mol. The number of nitrogens with one attached hydrogen (secondary N) is 1. The van der Waals surface area contributed by atoms with Gasteiger partial charge >= 0.3 is 0 Å². The number of halogens is 1. The molecule has 7 heteroatoms. The minimum absolute atomic E-state index is 0.186. The van der Waals surface area contributed by atoms with E-state index in [-0.39, 0.29) is 12.4 Å². The molecule has 2 aromatic rings. The van der Waals surface area contributed by atoms with E-state index >= 15 is 0 Å². The first-order chi connectivity index (χ1) is 11.0. The lowest BCUT2D eigenvalue weighted by molar-refractivity contribution is -0.137. The summed E-state index contributed by atoms with van der Waals surface area (Å²) in [6.07, 6.45) is 3.77. The van der Waals surface area contributed by atoms with Gasteiger partial charge in [0.1, 0.15) is 11.6 Å². The van der Waals surface area contributed by atoms with Gasteiger partial charge in [-0.3, -0.25) is 4.79 Å². The van der Waals surface area contributed by atoms with E-state index in [0.29, 0.717) is 29.2 Å². The van der Waals surface area contributed by atoms with E-state index in [2.05, 4.69) is 10.3 Å². The van der Waals surface area contributed by atoms with Crippen LogP contribution in [0.15, 0.2) is 30.6 Å². The molecule has 1 unspecified atom stereocenters. The number of aliphatic hydroxyl groups is 1. The maximum Gasteiger partial charge on any atom is 0.253 e. The number of carbonyl (C=O) groups excluding carboxylic acids is 1. The zero-order valence-corrected chi connectivity index (χ0v) is 13.6. The maximum atomic E-state index is 14.3. The monoisotopic (exact) mass is 335 g/mol. The van der Waals surface area contributed by atoms with Crippen LogP contribution in [0.25, 0.3) is 5.69 Å². The highest BCUT2D eigenvalue weighted by atomic mass is 32.2. The summed E-state index contributed by atoms with van der Waals surface area (Å²) in [5.41, 5.74) is -0.232. The Labute approximate surface area is 137 Å². The Morgan fingerprint density at radius 3 is 3.00 bits per heavy atom. The van der Waals surface area contributed by atoms with Crippen LogP contribution in [0.1, 0.15) is 17.8 Å². The van der Waals surface area contributed by atoms with Crippen LogP contribution in [0, 0.1) is 12.7 Å². The fraction of sp³-hybridized carbons (Fsp3) is 0.375. The molecule has 23 heavy (non-hydrogen) atoms. The lowest BCUT2D eigenvalue weighted by Gasteiger charge is -2.20. The first-order valence-electron chi connectivity index (χ1n) is 7.37. The van der Waals surface area contributed by atoms with Gasteiger partial charge in [-0.25, -0.2) is 9.37 Å². The Morgan fingerprint density at radius 1 is 1.57 bits per heavy atom. The van der Waals surface area contributed by atoms with Crippen LogP contribution in [-0.4, -0.2) is 37.7 Å². The zero-order valence-electron chi connectivity index (χ0n) is 12.8. The number of imidazole rings is 1. The highest BCUT2D eigenvalue weighted by Gasteiger charge is 2.39. The van der Waals surface area contributed by atoms with Crippen molar-refractivity contribution in [2.75, 3.05) is 11.5 Å². The van der Waals surface area contributed by atoms with Crippen molar-refractivity contribution in [3.05, 3.63) is 47.8 Å². The molecule has 2 N–H and O–H groups in total. The third-order valence-corrected chi connectivity index (χ3v) is 5.15. The van der Waals surface area contributed by atoms with E-state index in [1.807, 2.05) is 0 Å². The third-order valence-electron chi connectivity index (χ3n) is 3.97. The van der Waals surface area contributed by atoms with Gasteiger partial charge in [0.25, 0.3) is 5.91 Å². The van der Waals surface area contributed by atoms with Crippen molar-refractivity contribution in [1.29, 1.82) is 0 Å². The number of carbonyl (C=O) groups is 1. The fourth-order valence-electron chi connectivity index (χ4n) is 2.57. The normalized spacial score (nSPS) is 20.7. The Balaban J connectivity index is 1.69. The summed E-state index contributed by atoms with van der Waals surface area (Å²) in [7, 11) is 0. The SMILES string of the molecule is Cc1nccn1-c1ccc(CNC(=O)C2(O)CCSC2)cc1F. The molecular formula is C16H18FN3O2S. The van der Waals surface area contributed by atoms with Crippen molar-refractivity contribution in [2.45, 2.75) is 25.5 Å². The number of aryl methyl sites for hydroxylation is 1. The van der Waals surface area contributed by atoms with E-state index in [9.17, 15) is 14.3 Å². The van der Waals surface area contributed by atoms with Crippen LogP contribution in [-0.2, 0) is 11.3 Å². The average Bonchev–Trinajstić information content (AvgIpc) is 3.15.